The molecule has 0 spiro atoms. The maximum atomic E-state index is 5.67. The van der Waals surface area contributed by atoms with E-state index in [1.54, 1.807) is 11.9 Å². The average Bonchev–Trinajstić information content (AvgIpc) is 2.84. The lowest BCUT2D eigenvalue weighted by atomic mass is 10.2. The highest BCUT2D eigenvalue weighted by atomic mass is 32.2. The second-order valence-electron chi connectivity index (χ2n) is 4.45. The van der Waals surface area contributed by atoms with Gasteiger partial charge in [0.1, 0.15) is 0 Å². The second kappa shape index (κ2) is 6.38. The van der Waals surface area contributed by atoms with E-state index in [4.69, 9.17) is 4.74 Å². The van der Waals surface area contributed by atoms with Crippen LogP contribution in [0, 0.1) is 6.92 Å². The summed E-state index contributed by atoms with van der Waals surface area (Å²) in [5.41, 5.74) is 2.34. The van der Waals surface area contributed by atoms with E-state index in [9.17, 15) is 0 Å². The van der Waals surface area contributed by atoms with Crippen LogP contribution in [-0.2, 0) is 11.3 Å². The van der Waals surface area contributed by atoms with Gasteiger partial charge in [0.05, 0.1) is 6.10 Å². The van der Waals surface area contributed by atoms with Crippen LogP contribution in [0.4, 0.5) is 0 Å². The van der Waals surface area contributed by atoms with E-state index in [2.05, 4.69) is 27.7 Å². The molecule has 2 rings (SSSR count). The van der Waals surface area contributed by atoms with E-state index in [1.165, 1.54) is 18.4 Å². The first-order valence-corrected chi connectivity index (χ1v) is 7.28. The van der Waals surface area contributed by atoms with Crippen LogP contribution in [0.2, 0.25) is 0 Å². The molecule has 1 aliphatic heterocycles. The second-order valence-corrected chi connectivity index (χ2v) is 5.33. The van der Waals surface area contributed by atoms with Crippen LogP contribution in [0.15, 0.2) is 18.3 Å². The van der Waals surface area contributed by atoms with Gasteiger partial charge in [-0.15, -0.1) is 0 Å². The smallest absolute Gasteiger partial charge is 0.0712 e. The fraction of sp³-hybridized carbons (Fsp3) is 0.615. The molecule has 17 heavy (non-hydrogen) atoms. The van der Waals surface area contributed by atoms with Crippen molar-refractivity contribution in [2.45, 2.75) is 32.4 Å². The molecule has 1 atom stereocenters. The van der Waals surface area contributed by atoms with E-state index in [1.807, 2.05) is 13.1 Å². The van der Waals surface area contributed by atoms with Crippen LogP contribution in [0.25, 0.3) is 0 Å². The van der Waals surface area contributed by atoms with Crippen molar-refractivity contribution in [3.05, 3.63) is 29.6 Å². The van der Waals surface area contributed by atoms with Crippen LogP contribution >= 0.6 is 11.9 Å². The monoisotopic (exact) mass is 252 g/mol. The molecular weight excluding hydrogens is 232 g/mol. The number of hydrogen-bond donors (Lipinski definition) is 0. The quantitative estimate of drug-likeness (QED) is 0.752. The summed E-state index contributed by atoms with van der Waals surface area (Å²) >= 11 is 1.78. The zero-order chi connectivity index (χ0) is 12.1. The summed E-state index contributed by atoms with van der Waals surface area (Å²) in [7, 11) is 0. The molecule has 0 saturated carbocycles. The van der Waals surface area contributed by atoms with E-state index >= 15 is 0 Å². The number of ether oxygens (including phenoxy) is 1. The minimum absolute atomic E-state index is 0.417. The normalized spacial score (nSPS) is 20.1. The lowest BCUT2D eigenvalue weighted by Crippen LogP contribution is -2.26. The van der Waals surface area contributed by atoms with Gasteiger partial charge in [0.15, 0.2) is 0 Å². The number of aromatic nitrogens is 1. The van der Waals surface area contributed by atoms with Gasteiger partial charge in [0.2, 0.25) is 0 Å². The van der Waals surface area contributed by atoms with Crippen molar-refractivity contribution >= 4 is 11.9 Å². The summed E-state index contributed by atoms with van der Waals surface area (Å²) in [6, 6.07) is 4.22. The first-order valence-electron chi connectivity index (χ1n) is 6.10. The van der Waals surface area contributed by atoms with Gasteiger partial charge >= 0.3 is 0 Å². The zero-order valence-corrected chi connectivity index (χ0v) is 11.4. The molecule has 0 aromatic carbocycles. The Morgan fingerprint density at radius 2 is 2.41 bits per heavy atom. The molecule has 0 bridgehead atoms. The van der Waals surface area contributed by atoms with E-state index < -0.39 is 0 Å². The molecule has 0 aliphatic carbocycles. The first-order chi connectivity index (χ1) is 8.28. The molecule has 1 aliphatic rings. The molecule has 1 saturated heterocycles. The van der Waals surface area contributed by atoms with Crippen molar-refractivity contribution in [3.8, 4) is 0 Å². The molecule has 0 amide bonds. The molecule has 2 heterocycles. The van der Waals surface area contributed by atoms with Crippen molar-refractivity contribution in [3.63, 3.8) is 0 Å². The van der Waals surface area contributed by atoms with Gasteiger partial charge in [0.25, 0.3) is 0 Å². The Balaban J connectivity index is 1.87. The Labute approximate surface area is 108 Å². The Morgan fingerprint density at radius 3 is 3.00 bits per heavy atom. The highest BCUT2D eigenvalue weighted by Gasteiger charge is 2.18. The largest absolute Gasteiger partial charge is 0.377 e. The fourth-order valence-electron chi connectivity index (χ4n) is 2.01. The van der Waals surface area contributed by atoms with Crippen LogP contribution in [0.1, 0.15) is 24.1 Å². The van der Waals surface area contributed by atoms with Crippen LogP contribution in [-0.4, -0.2) is 34.8 Å². The highest BCUT2D eigenvalue weighted by Crippen LogP contribution is 2.18. The molecule has 1 aromatic heterocycles. The van der Waals surface area contributed by atoms with Crippen molar-refractivity contribution in [1.29, 1.82) is 0 Å². The van der Waals surface area contributed by atoms with Crippen LogP contribution < -0.4 is 0 Å². The molecular formula is C13H20N2OS. The topological polar surface area (TPSA) is 25.4 Å². The number of nitrogens with zero attached hydrogens (tertiary/aromatic N) is 2. The Bertz CT molecular complexity index is 336. The van der Waals surface area contributed by atoms with Gasteiger partial charge < -0.3 is 4.74 Å². The lowest BCUT2D eigenvalue weighted by Gasteiger charge is -2.22. The molecule has 0 radical (unpaired) electrons. The Morgan fingerprint density at radius 1 is 1.53 bits per heavy atom. The third-order valence-corrected chi connectivity index (χ3v) is 3.82. The maximum Gasteiger partial charge on any atom is 0.0712 e. The molecule has 4 heteroatoms. The third-order valence-electron chi connectivity index (χ3n) is 3.02. The van der Waals surface area contributed by atoms with Gasteiger partial charge in [-0.25, -0.2) is 4.31 Å². The van der Waals surface area contributed by atoms with Crippen molar-refractivity contribution < 1.29 is 4.74 Å². The Hall–Kier alpha value is -0.580. The lowest BCUT2D eigenvalue weighted by molar-refractivity contribution is 0.0950. The summed E-state index contributed by atoms with van der Waals surface area (Å²) in [5.74, 6) is 0. The maximum absolute atomic E-state index is 5.67. The summed E-state index contributed by atoms with van der Waals surface area (Å²) in [4.78, 5) is 4.33. The van der Waals surface area contributed by atoms with Crippen LogP contribution in [0.3, 0.4) is 0 Å². The molecule has 94 valence electrons. The number of rotatable bonds is 5. The average molecular weight is 252 g/mol. The van der Waals surface area contributed by atoms with Crippen LogP contribution in [0.5, 0.6) is 0 Å². The third kappa shape index (κ3) is 3.98. The minimum atomic E-state index is 0.417. The van der Waals surface area contributed by atoms with Gasteiger partial charge in [0, 0.05) is 31.6 Å². The Kier molecular flexibility index (Phi) is 4.83. The van der Waals surface area contributed by atoms with Gasteiger partial charge in [-0.2, -0.15) is 0 Å². The molecule has 0 N–H and O–H groups in total. The molecule has 1 unspecified atom stereocenters. The number of aryl methyl sites for hydroxylation is 1. The number of hydrogen-bond acceptors (Lipinski definition) is 4. The van der Waals surface area contributed by atoms with Crippen molar-refractivity contribution in [2.24, 2.45) is 0 Å². The fourth-order valence-corrected chi connectivity index (χ4v) is 2.61. The van der Waals surface area contributed by atoms with Gasteiger partial charge in [-0.3, -0.25) is 4.98 Å². The summed E-state index contributed by atoms with van der Waals surface area (Å²) < 4.78 is 8.02. The van der Waals surface area contributed by atoms with E-state index in [0.717, 1.165) is 25.4 Å². The predicted molar refractivity (Wildman–Crippen MR) is 71.9 cm³/mol. The molecule has 3 nitrogen and oxygen atoms in total. The van der Waals surface area contributed by atoms with Gasteiger partial charge in [-0.1, -0.05) is 18.0 Å². The molecule has 1 aromatic rings. The number of pyridine rings is 1. The summed E-state index contributed by atoms with van der Waals surface area (Å²) in [5, 5.41) is 0. The van der Waals surface area contributed by atoms with E-state index in [-0.39, 0.29) is 0 Å². The van der Waals surface area contributed by atoms with Gasteiger partial charge in [-0.05, 0) is 37.7 Å². The standard InChI is InChI=1S/C13H20N2OS/c1-11-5-6-12(8-14-11)9-15(17-2)10-13-4-3-7-16-13/h5-6,8,13H,3-4,7,9-10H2,1-2H3. The van der Waals surface area contributed by atoms with E-state index in [0.29, 0.717) is 6.10 Å². The first kappa shape index (κ1) is 12.9. The SMILES string of the molecule is CSN(Cc1ccc(C)nc1)CC1CCCO1. The summed E-state index contributed by atoms with van der Waals surface area (Å²) in [6.07, 6.45) is 6.91. The summed E-state index contributed by atoms with van der Waals surface area (Å²) in [6.45, 7) is 4.89. The minimum Gasteiger partial charge on any atom is -0.377 e. The van der Waals surface area contributed by atoms with Crippen molar-refractivity contribution in [2.75, 3.05) is 19.4 Å². The predicted octanol–water partition coefficient (Wildman–Crippen LogP) is 2.65. The molecule has 1 fully saturated rings. The highest BCUT2D eigenvalue weighted by molar-refractivity contribution is 7.96. The van der Waals surface area contributed by atoms with Crippen molar-refractivity contribution in [1.82, 2.24) is 9.29 Å². The zero-order valence-electron chi connectivity index (χ0n) is 10.6.